The van der Waals surface area contributed by atoms with Gasteiger partial charge in [-0.1, -0.05) is 18.6 Å². The zero-order chi connectivity index (χ0) is 18.8. The number of unbranched alkanes of at least 4 members (excludes halogenated alkanes) is 3. The van der Waals surface area contributed by atoms with Crippen LogP contribution in [0.2, 0.25) is 0 Å². The summed E-state index contributed by atoms with van der Waals surface area (Å²) in [5, 5.41) is 3.40. The summed E-state index contributed by atoms with van der Waals surface area (Å²) < 4.78 is 1.97. The molecule has 0 bridgehead atoms. The highest BCUT2D eigenvalue weighted by atomic mass is 15.3. The topological polar surface area (TPSA) is 58.3 Å². The molecule has 2 rings (SSSR count). The van der Waals surface area contributed by atoms with Crippen LogP contribution in [0.15, 0.2) is 48.4 Å². The number of hydrogen-bond donors (Lipinski definition) is 1. The molecule has 2 aromatic heterocycles. The first-order valence-electron chi connectivity index (χ1n) is 9.13. The molecule has 0 aliphatic heterocycles. The highest BCUT2D eigenvalue weighted by molar-refractivity contribution is 5.79. The van der Waals surface area contributed by atoms with Crippen LogP contribution < -0.4 is 5.32 Å². The molecule has 0 aromatic carbocycles. The Hall–Kier alpha value is -2.63. The molecule has 6 nitrogen and oxygen atoms in total. The second-order valence-electron chi connectivity index (χ2n) is 6.33. The lowest BCUT2D eigenvalue weighted by molar-refractivity contribution is 0.455. The molecule has 2 aromatic rings. The van der Waals surface area contributed by atoms with E-state index in [1.54, 1.807) is 6.20 Å². The van der Waals surface area contributed by atoms with Crippen LogP contribution in [0.4, 0.5) is 0 Å². The molecular weight excluding hydrogens is 324 g/mol. The third kappa shape index (κ3) is 5.72. The summed E-state index contributed by atoms with van der Waals surface area (Å²) in [6.07, 6.45) is 12.3. The molecule has 0 aliphatic carbocycles. The molecule has 0 saturated heterocycles. The van der Waals surface area contributed by atoms with Crippen molar-refractivity contribution < 1.29 is 0 Å². The van der Waals surface area contributed by atoms with Gasteiger partial charge in [-0.05, 0) is 37.8 Å². The smallest absolute Gasteiger partial charge is 0.193 e. The summed E-state index contributed by atoms with van der Waals surface area (Å²) in [6.45, 7) is 7.42. The fourth-order valence-electron chi connectivity index (χ4n) is 2.77. The maximum atomic E-state index is 4.53. The summed E-state index contributed by atoms with van der Waals surface area (Å²) in [4.78, 5) is 15.3. The molecule has 0 unspecified atom stereocenters. The Morgan fingerprint density at radius 2 is 2.15 bits per heavy atom. The SMILES string of the molecule is C=CCCCCCN(C)C(=NC)NCc1ccc(-n2ccnc2C)nc1. The van der Waals surface area contributed by atoms with Gasteiger partial charge in [0.1, 0.15) is 11.6 Å². The molecule has 0 amide bonds. The number of guanidine groups is 1. The minimum absolute atomic E-state index is 0.698. The van der Waals surface area contributed by atoms with Gasteiger partial charge in [-0.15, -0.1) is 6.58 Å². The number of allylic oxidation sites excluding steroid dienone is 1. The third-order valence-corrected chi connectivity index (χ3v) is 4.31. The van der Waals surface area contributed by atoms with E-state index in [2.05, 4.69) is 44.9 Å². The Morgan fingerprint density at radius 3 is 2.77 bits per heavy atom. The average Bonchev–Trinajstić information content (AvgIpc) is 3.08. The number of aromatic nitrogens is 3. The molecule has 0 spiro atoms. The largest absolute Gasteiger partial charge is 0.352 e. The summed E-state index contributed by atoms with van der Waals surface area (Å²) in [7, 11) is 3.89. The van der Waals surface area contributed by atoms with Crippen molar-refractivity contribution >= 4 is 5.96 Å². The Bertz CT molecular complexity index is 701. The van der Waals surface area contributed by atoms with Crippen molar-refractivity contribution in [2.45, 2.75) is 39.2 Å². The van der Waals surface area contributed by atoms with Crippen molar-refractivity contribution in [1.29, 1.82) is 0 Å². The lowest BCUT2D eigenvalue weighted by Crippen LogP contribution is -2.39. The fourth-order valence-corrected chi connectivity index (χ4v) is 2.77. The molecule has 6 heteroatoms. The van der Waals surface area contributed by atoms with Crippen molar-refractivity contribution in [2.75, 3.05) is 20.6 Å². The monoisotopic (exact) mass is 354 g/mol. The predicted octanol–water partition coefficient (Wildman–Crippen LogP) is 3.33. The Kier molecular flexibility index (Phi) is 7.86. The minimum atomic E-state index is 0.698. The normalized spacial score (nSPS) is 11.4. The first-order chi connectivity index (χ1) is 12.7. The standard InChI is InChI=1S/C20H30N6/c1-5-6-7-8-9-13-25(4)20(21-3)24-16-18-10-11-19(23-15-18)26-14-12-22-17(26)2/h5,10-12,14-15H,1,6-9,13,16H2,2-4H3,(H,21,24). The summed E-state index contributed by atoms with van der Waals surface area (Å²) in [6, 6.07) is 4.09. The highest BCUT2D eigenvalue weighted by Gasteiger charge is 2.06. The molecule has 0 fully saturated rings. The van der Waals surface area contributed by atoms with Gasteiger partial charge < -0.3 is 10.2 Å². The van der Waals surface area contributed by atoms with E-state index in [1.807, 2.05) is 43.1 Å². The number of aliphatic imine (C=N–C) groups is 1. The van der Waals surface area contributed by atoms with Gasteiger partial charge in [0, 0.05) is 45.8 Å². The van der Waals surface area contributed by atoms with Gasteiger partial charge in [0.2, 0.25) is 0 Å². The number of nitrogens with zero attached hydrogens (tertiary/aromatic N) is 5. The van der Waals surface area contributed by atoms with E-state index in [4.69, 9.17) is 0 Å². The van der Waals surface area contributed by atoms with Crippen molar-refractivity contribution in [2.24, 2.45) is 4.99 Å². The Labute approximate surface area is 156 Å². The second kappa shape index (κ2) is 10.4. The van der Waals surface area contributed by atoms with Crippen molar-refractivity contribution in [1.82, 2.24) is 24.8 Å². The van der Waals surface area contributed by atoms with Crippen molar-refractivity contribution in [3.8, 4) is 5.82 Å². The minimum Gasteiger partial charge on any atom is -0.352 e. The lowest BCUT2D eigenvalue weighted by Gasteiger charge is -2.22. The predicted molar refractivity (Wildman–Crippen MR) is 108 cm³/mol. The van der Waals surface area contributed by atoms with Gasteiger partial charge in [-0.2, -0.15) is 0 Å². The number of imidazole rings is 1. The van der Waals surface area contributed by atoms with E-state index in [0.717, 1.165) is 42.6 Å². The van der Waals surface area contributed by atoms with Gasteiger partial charge in [0.25, 0.3) is 0 Å². The van der Waals surface area contributed by atoms with Gasteiger partial charge in [0.05, 0.1) is 0 Å². The van der Waals surface area contributed by atoms with Gasteiger partial charge >= 0.3 is 0 Å². The van der Waals surface area contributed by atoms with Crippen LogP contribution in [0.25, 0.3) is 5.82 Å². The van der Waals surface area contributed by atoms with Crippen LogP contribution >= 0.6 is 0 Å². The van der Waals surface area contributed by atoms with Gasteiger partial charge in [-0.25, -0.2) is 9.97 Å². The number of pyridine rings is 1. The van der Waals surface area contributed by atoms with Gasteiger partial charge in [0.15, 0.2) is 5.96 Å². The molecule has 0 radical (unpaired) electrons. The first-order valence-corrected chi connectivity index (χ1v) is 9.13. The molecule has 2 heterocycles. The van der Waals surface area contributed by atoms with E-state index in [1.165, 1.54) is 12.8 Å². The van der Waals surface area contributed by atoms with E-state index >= 15 is 0 Å². The fraction of sp³-hybridized carbons (Fsp3) is 0.450. The van der Waals surface area contributed by atoms with Crippen LogP contribution in [0.1, 0.15) is 37.1 Å². The van der Waals surface area contributed by atoms with E-state index in [9.17, 15) is 0 Å². The Morgan fingerprint density at radius 1 is 1.31 bits per heavy atom. The van der Waals surface area contributed by atoms with Crippen LogP contribution in [-0.2, 0) is 6.54 Å². The van der Waals surface area contributed by atoms with Crippen LogP contribution in [0.3, 0.4) is 0 Å². The molecule has 0 aliphatic rings. The van der Waals surface area contributed by atoms with E-state index in [-0.39, 0.29) is 0 Å². The molecule has 0 atom stereocenters. The summed E-state index contributed by atoms with van der Waals surface area (Å²) in [5.74, 6) is 2.71. The number of nitrogens with one attached hydrogen (secondary N) is 1. The van der Waals surface area contributed by atoms with Crippen LogP contribution in [-0.4, -0.2) is 46.0 Å². The van der Waals surface area contributed by atoms with Crippen LogP contribution in [0, 0.1) is 6.92 Å². The van der Waals surface area contributed by atoms with E-state index < -0.39 is 0 Å². The quantitative estimate of drug-likeness (QED) is 0.325. The number of rotatable bonds is 9. The molecule has 140 valence electrons. The van der Waals surface area contributed by atoms with Crippen LogP contribution in [0.5, 0.6) is 0 Å². The van der Waals surface area contributed by atoms with E-state index in [0.29, 0.717) is 6.54 Å². The zero-order valence-corrected chi connectivity index (χ0v) is 16.1. The lowest BCUT2D eigenvalue weighted by atomic mass is 10.2. The average molecular weight is 355 g/mol. The Balaban J connectivity index is 1.82. The second-order valence-corrected chi connectivity index (χ2v) is 6.33. The van der Waals surface area contributed by atoms with Crippen molar-refractivity contribution in [3.63, 3.8) is 0 Å². The first kappa shape index (κ1) is 19.7. The highest BCUT2D eigenvalue weighted by Crippen LogP contribution is 2.08. The molecule has 26 heavy (non-hydrogen) atoms. The zero-order valence-electron chi connectivity index (χ0n) is 16.1. The molecule has 0 saturated carbocycles. The number of hydrogen-bond acceptors (Lipinski definition) is 3. The number of aryl methyl sites for hydroxylation is 1. The summed E-state index contributed by atoms with van der Waals surface area (Å²) in [5.41, 5.74) is 1.12. The molecular formula is C20H30N6. The van der Waals surface area contributed by atoms with Gasteiger partial charge in [-0.3, -0.25) is 9.56 Å². The summed E-state index contributed by atoms with van der Waals surface area (Å²) >= 11 is 0. The maximum absolute atomic E-state index is 4.53. The maximum Gasteiger partial charge on any atom is 0.193 e. The van der Waals surface area contributed by atoms with Crippen molar-refractivity contribution in [3.05, 3.63) is 54.8 Å². The molecule has 1 N–H and O–H groups in total. The third-order valence-electron chi connectivity index (χ3n) is 4.31.